The fourth-order valence-corrected chi connectivity index (χ4v) is 10.7. The minimum Gasteiger partial charge on any atom is -0.508 e. The highest BCUT2D eigenvalue weighted by Crippen LogP contribution is 2.63. The van der Waals surface area contributed by atoms with Crippen molar-refractivity contribution in [3.05, 3.63) is 52.6 Å². The van der Waals surface area contributed by atoms with Crippen LogP contribution in [-0.4, -0.2) is 71.2 Å². The van der Waals surface area contributed by atoms with Crippen molar-refractivity contribution < 1.29 is 19.7 Å². The van der Waals surface area contributed by atoms with E-state index in [9.17, 15) is 15.0 Å². The lowest BCUT2D eigenvalue weighted by Crippen LogP contribution is -2.65. The third-order valence-corrected chi connectivity index (χ3v) is 12.5. The fraction of sp³-hybridized carbons (Fsp3) is 0.618. The molecule has 4 aliphatic carbocycles. The average Bonchev–Trinajstić information content (AvgIpc) is 3.32. The molecule has 3 heterocycles. The van der Waals surface area contributed by atoms with Gasteiger partial charge in [0.05, 0.1) is 0 Å². The average molecular weight is 543 g/mol. The Morgan fingerprint density at radius 3 is 2.48 bits per heavy atom. The maximum absolute atomic E-state index is 12.5. The number of fused-ring (bicyclic) bond motifs is 1. The van der Waals surface area contributed by atoms with E-state index in [2.05, 4.69) is 36.0 Å². The van der Waals surface area contributed by atoms with Gasteiger partial charge in [0.15, 0.2) is 23.4 Å². The van der Waals surface area contributed by atoms with Gasteiger partial charge in [-0.3, -0.25) is 4.79 Å². The van der Waals surface area contributed by atoms with Crippen LogP contribution in [0.2, 0.25) is 0 Å². The van der Waals surface area contributed by atoms with Gasteiger partial charge in [-0.1, -0.05) is 25.0 Å². The molecule has 6 heteroatoms. The van der Waals surface area contributed by atoms with E-state index in [4.69, 9.17) is 4.74 Å². The second-order valence-corrected chi connectivity index (χ2v) is 14.0. The molecule has 1 spiro atoms. The number of Topliss-reactive ketones (excluding diaryl/α,β-unsaturated/α-hetero) is 1. The number of likely N-dealkylation sites (tertiary alicyclic amines) is 2. The summed E-state index contributed by atoms with van der Waals surface area (Å²) in [4.78, 5) is 17.5. The van der Waals surface area contributed by atoms with Crippen LogP contribution < -0.4 is 4.74 Å². The molecule has 2 N–H and O–H groups in total. The number of hydrogen-bond acceptors (Lipinski definition) is 6. The first-order valence-corrected chi connectivity index (χ1v) is 15.6. The summed E-state index contributed by atoms with van der Waals surface area (Å²) in [5.74, 6) is 2.76. The molecule has 9 rings (SSSR count). The largest absolute Gasteiger partial charge is 0.508 e. The quantitative estimate of drug-likeness (QED) is 0.502. The van der Waals surface area contributed by atoms with Gasteiger partial charge in [0.1, 0.15) is 5.75 Å². The lowest BCUT2D eigenvalue weighted by atomic mass is 9.52. The Morgan fingerprint density at radius 1 is 0.875 bits per heavy atom. The molecule has 0 radical (unpaired) electrons. The van der Waals surface area contributed by atoms with Gasteiger partial charge >= 0.3 is 0 Å². The summed E-state index contributed by atoms with van der Waals surface area (Å²) in [6.07, 6.45) is 11.1. The summed E-state index contributed by atoms with van der Waals surface area (Å²) in [7, 11) is 4.50. The molecule has 0 amide bonds. The minimum atomic E-state index is -0.366. The molecule has 0 unspecified atom stereocenters. The van der Waals surface area contributed by atoms with Gasteiger partial charge in [0, 0.05) is 34.9 Å². The number of nitrogens with zero attached hydrogens (tertiary/aromatic N) is 2. The molecular formula is C34H42N2O4. The number of phenols is 2. The van der Waals surface area contributed by atoms with Crippen LogP contribution in [0, 0.1) is 11.8 Å². The SMILES string of the molecule is CN1CC[C@]23CCCC[C@H]2[C@H]1Cc1ccc(O)cc13.CN1CC[C@]23c4c5ccc(O)c4O[C@H]2C(=O)CC[C@H]3[C@H]1C5. The minimum absolute atomic E-state index is 0.172. The van der Waals surface area contributed by atoms with Gasteiger partial charge in [0.2, 0.25) is 0 Å². The number of rotatable bonds is 0. The first-order chi connectivity index (χ1) is 19.3. The van der Waals surface area contributed by atoms with Crippen LogP contribution in [0.1, 0.15) is 73.6 Å². The normalized spacial score (nSPS) is 38.8. The van der Waals surface area contributed by atoms with E-state index in [0.717, 1.165) is 43.3 Å². The van der Waals surface area contributed by atoms with Crippen molar-refractivity contribution >= 4 is 5.78 Å². The number of carbonyl (C=O) groups is 1. The Bertz CT molecular complexity index is 1390. The number of phenolic OH excluding ortho intramolecular Hbond substituents is 2. The smallest absolute Gasteiger partial charge is 0.174 e. The lowest BCUT2D eigenvalue weighted by molar-refractivity contribution is -0.138. The van der Waals surface area contributed by atoms with Crippen LogP contribution in [0.3, 0.4) is 0 Å². The van der Waals surface area contributed by atoms with Crippen LogP contribution in [0.15, 0.2) is 30.3 Å². The number of carbonyl (C=O) groups excluding carboxylic acids is 1. The molecule has 7 aliphatic rings. The molecule has 2 aromatic rings. The molecule has 4 bridgehead atoms. The predicted molar refractivity (Wildman–Crippen MR) is 153 cm³/mol. The zero-order valence-corrected chi connectivity index (χ0v) is 23.9. The van der Waals surface area contributed by atoms with E-state index in [0.29, 0.717) is 35.3 Å². The summed E-state index contributed by atoms with van der Waals surface area (Å²) in [5.41, 5.74) is 5.62. The fourth-order valence-electron chi connectivity index (χ4n) is 10.7. The Hall–Kier alpha value is -2.57. The zero-order chi connectivity index (χ0) is 27.4. The molecule has 3 aliphatic heterocycles. The van der Waals surface area contributed by atoms with Crippen molar-refractivity contribution in [3.63, 3.8) is 0 Å². The van der Waals surface area contributed by atoms with Crippen LogP contribution in [-0.2, 0) is 28.5 Å². The van der Waals surface area contributed by atoms with E-state index >= 15 is 0 Å². The van der Waals surface area contributed by atoms with Crippen molar-refractivity contribution in [2.45, 2.75) is 93.2 Å². The van der Waals surface area contributed by atoms with Crippen LogP contribution in [0.25, 0.3) is 0 Å². The second kappa shape index (κ2) is 8.72. The maximum Gasteiger partial charge on any atom is 0.174 e. The molecule has 2 aromatic carbocycles. The van der Waals surface area contributed by atoms with E-state index in [1.165, 1.54) is 61.8 Å². The maximum atomic E-state index is 12.5. The molecule has 7 atom stereocenters. The van der Waals surface area contributed by atoms with Crippen molar-refractivity contribution in [1.29, 1.82) is 0 Å². The number of ether oxygens (including phenoxy) is 1. The van der Waals surface area contributed by atoms with E-state index < -0.39 is 0 Å². The molecule has 40 heavy (non-hydrogen) atoms. The van der Waals surface area contributed by atoms with Gasteiger partial charge in [-0.15, -0.1) is 0 Å². The first-order valence-electron chi connectivity index (χ1n) is 15.6. The molecule has 0 aromatic heterocycles. The summed E-state index contributed by atoms with van der Waals surface area (Å²) >= 11 is 0. The van der Waals surface area contributed by atoms with Crippen LogP contribution >= 0.6 is 0 Å². The molecular weight excluding hydrogens is 500 g/mol. The Kier molecular flexibility index (Phi) is 5.48. The van der Waals surface area contributed by atoms with E-state index in [1.54, 1.807) is 6.07 Å². The van der Waals surface area contributed by atoms with E-state index in [1.807, 2.05) is 12.1 Å². The van der Waals surface area contributed by atoms with Gasteiger partial charge in [-0.2, -0.15) is 0 Å². The van der Waals surface area contributed by atoms with E-state index in [-0.39, 0.29) is 23.1 Å². The standard InChI is InChI=1S/C17H19NO3.C17H23NO/c1-18-7-6-17-10-3-5-13(20)16(17)21-15-12(19)4-2-9(14(15)17)8-11(10)18;1-18-9-8-17-7-3-2-4-14(17)16(18)10-12-5-6-13(19)11-15(12)17/h2,4,10-11,16,19H,3,5-8H2,1H3;5-6,11,14,16,19H,2-4,7-10H2,1H3/t10-,11+,16-,17-;14-,16+,17+/m00/s1. The summed E-state index contributed by atoms with van der Waals surface area (Å²) < 4.78 is 6.04. The van der Waals surface area contributed by atoms with Crippen LogP contribution in [0.4, 0.5) is 0 Å². The van der Waals surface area contributed by atoms with Crippen molar-refractivity contribution in [3.8, 4) is 17.2 Å². The van der Waals surface area contributed by atoms with Crippen molar-refractivity contribution in [1.82, 2.24) is 9.80 Å². The highest BCUT2D eigenvalue weighted by Gasteiger charge is 2.65. The predicted octanol–water partition coefficient (Wildman–Crippen LogP) is 4.71. The summed E-state index contributed by atoms with van der Waals surface area (Å²) in [5, 5.41) is 20.1. The van der Waals surface area contributed by atoms with Crippen molar-refractivity contribution in [2.75, 3.05) is 27.2 Å². The molecule has 2 saturated heterocycles. The zero-order valence-electron chi connectivity index (χ0n) is 23.9. The number of ketones is 1. The number of likely N-dealkylation sites (N-methyl/N-ethyl adjacent to an activating group) is 2. The molecule has 2 saturated carbocycles. The number of hydrogen-bond donors (Lipinski definition) is 2. The molecule has 212 valence electrons. The summed E-state index contributed by atoms with van der Waals surface area (Å²) in [6, 6.07) is 11.1. The Balaban J connectivity index is 0.000000123. The van der Waals surface area contributed by atoms with Crippen molar-refractivity contribution in [2.24, 2.45) is 11.8 Å². The highest BCUT2D eigenvalue weighted by molar-refractivity contribution is 5.89. The van der Waals surface area contributed by atoms with Gasteiger partial charge in [-0.25, -0.2) is 0 Å². The highest BCUT2D eigenvalue weighted by atomic mass is 16.5. The number of piperidine rings is 2. The number of benzene rings is 2. The molecule has 6 nitrogen and oxygen atoms in total. The monoisotopic (exact) mass is 542 g/mol. The van der Waals surface area contributed by atoms with Gasteiger partial charge in [0.25, 0.3) is 0 Å². The first kappa shape index (κ1) is 25.2. The third-order valence-electron chi connectivity index (χ3n) is 12.5. The molecule has 4 fully saturated rings. The van der Waals surface area contributed by atoms with Crippen LogP contribution in [0.5, 0.6) is 17.2 Å². The Morgan fingerprint density at radius 2 is 1.62 bits per heavy atom. The second-order valence-electron chi connectivity index (χ2n) is 14.0. The topological polar surface area (TPSA) is 73.2 Å². The number of aromatic hydroxyl groups is 2. The Labute approximate surface area is 237 Å². The van der Waals surface area contributed by atoms with Gasteiger partial charge < -0.3 is 24.7 Å². The summed E-state index contributed by atoms with van der Waals surface area (Å²) in [6.45, 7) is 2.22. The lowest BCUT2D eigenvalue weighted by Gasteiger charge is -2.58. The third kappa shape index (κ3) is 3.21. The van der Waals surface area contributed by atoms with Gasteiger partial charge in [-0.05, 0) is 119 Å².